The van der Waals surface area contributed by atoms with Gasteiger partial charge in [-0.25, -0.2) is 8.99 Å². The third-order valence-electron chi connectivity index (χ3n) is 1.58. The number of benzene rings is 1. The van der Waals surface area contributed by atoms with Crippen LogP contribution in [0.2, 0.25) is 5.02 Å². The van der Waals surface area contributed by atoms with Crippen molar-refractivity contribution in [3.8, 4) is 0 Å². The van der Waals surface area contributed by atoms with Crippen LogP contribution in [0.25, 0.3) is 0 Å². The minimum Gasteiger partial charge on any atom is -0.249 e. The van der Waals surface area contributed by atoms with Crippen LogP contribution >= 0.6 is 11.6 Å². The van der Waals surface area contributed by atoms with Gasteiger partial charge in [-0.15, -0.1) is 0 Å². The smallest absolute Gasteiger partial charge is 0.0723 e. The molecule has 1 atom stereocenters. The Morgan fingerprint density at radius 1 is 1.58 bits per heavy atom. The fourth-order valence-corrected chi connectivity index (χ4v) is 2.04. The summed E-state index contributed by atoms with van der Waals surface area (Å²) in [5, 5.41) is 0.529. The summed E-state index contributed by atoms with van der Waals surface area (Å²) in [6.07, 6.45) is 0. The van der Waals surface area contributed by atoms with Gasteiger partial charge in [0.2, 0.25) is 0 Å². The molecular weight excluding hydrogens is 194 g/mol. The summed E-state index contributed by atoms with van der Waals surface area (Å²) in [5.41, 5.74) is 0. The highest BCUT2D eigenvalue weighted by Crippen LogP contribution is 2.16. The number of halogens is 1. The second kappa shape index (κ2) is 3.46. The Labute approximate surface area is 77.5 Å². The molecule has 1 aromatic carbocycles. The summed E-state index contributed by atoms with van der Waals surface area (Å²) in [5.74, 6) is 0.327. The second-order valence-corrected chi connectivity index (χ2v) is 5.26. The minimum atomic E-state index is -2.61. The van der Waals surface area contributed by atoms with E-state index >= 15 is 0 Å². The Morgan fingerprint density at radius 3 is 2.75 bits per heavy atom. The van der Waals surface area contributed by atoms with Gasteiger partial charge in [-0.05, 0) is 18.2 Å². The Hall–Kier alpha value is -0.540. The fourth-order valence-electron chi connectivity index (χ4n) is 0.839. The van der Waals surface area contributed by atoms with Crippen molar-refractivity contribution in [1.29, 1.82) is 4.78 Å². The van der Waals surface area contributed by atoms with E-state index in [0.717, 1.165) is 0 Å². The molecule has 12 heavy (non-hydrogen) atoms. The van der Waals surface area contributed by atoms with Gasteiger partial charge in [0.1, 0.15) is 0 Å². The van der Waals surface area contributed by atoms with Gasteiger partial charge in [0.15, 0.2) is 0 Å². The van der Waals surface area contributed by atoms with Crippen molar-refractivity contribution in [2.24, 2.45) is 0 Å². The predicted molar refractivity (Wildman–Crippen MR) is 51.1 cm³/mol. The summed E-state index contributed by atoms with van der Waals surface area (Å²) in [6, 6.07) is 6.67. The predicted octanol–water partition coefficient (Wildman–Crippen LogP) is 2.77. The zero-order valence-corrected chi connectivity index (χ0v) is 8.28. The maximum Gasteiger partial charge on any atom is 0.0723 e. The Bertz CT molecular complexity index is 372. The van der Waals surface area contributed by atoms with E-state index in [4.69, 9.17) is 16.4 Å². The fraction of sp³-hybridized carbons (Fsp3) is 0.250. The SMILES string of the molecule is CCS(=N)(=O)c1cccc(Cl)c1. The quantitative estimate of drug-likeness (QED) is 0.789. The molecule has 1 aromatic rings. The van der Waals surface area contributed by atoms with Crippen LogP contribution in [0, 0.1) is 4.78 Å². The topological polar surface area (TPSA) is 40.9 Å². The molecule has 1 N–H and O–H groups in total. The van der Waals surface area contributed by atoms with Crippen LogP contribution in [-0.2, 0) is 9.73 Å². The zero-order valence-electron chi connectivity index (χ0n) is 6.71. The van der Waals surface area contributed by atoms with Gasteiger partial charge in [0.25, 0.3) is 0 Å². The highest BCUT2D eigenvalue weighted by molar-refractivity contribution is 7.92. The molecule has 0 bridgehead atoms. The highest BCUT2D eigenvalue weighted by atomic mass is 35.5. The third-order valence-corrected chi connectivity index (χ3v) is 3.65. The van der Waals surface area contributed by atoms with Crippen LogP contribution in [-0.4, -0.2) is 9.96 Å². The van der Waals surface area contributed by atoms with Crippen LogP contribution in [0.3, 0.4) is 0 Å². The first-order valence-electron chi connectivity index (χ1n) is 3.58. The number of rotatable bonds is 2. The molecule has 0 heterocycles. The first kappa shape index (κ1) is 9.55. The molecule has 1 unspecified atom stereocenters. The van der Waals surface area contributed by atoms with Crippen LogP contribution in [0.15, 0.2) is 29.2 Å². The maximum absolute atomic E-state index is 11.5. The molecule has 66 valence electrons. The van der Waals surface area contributed by atoms with Crippen LogP contribution in [0.5, 0.6) is 0 Å². The largest absolute Gasteiger partial charge is 0.249 e. The van der Waals surface area contributed by atoms with E-state index in [1.165, 1.54) is 0 Å². The van der Waals surface area contributed by atoms with E-state index in [0.29, 0.717) is 15.7 Å². The first-order valence-corrected chi connectivity index (χ1v) is 5.69. The zero-order chi connectivity index (χ0) is 9.19. The summed E-state index contributed by atoms with van der Waals surface area (Å²) in [4.78, 5) is 0.512. The van der Waals surface area contributed by atoms with E-state index < -0.39 is 9.73 Å². The number of nitrogens with one attached hydrogen (secondary N) is 1. The van der Waals surface area contributed by atoms with Crippen molar-refractivity contribution in [1.82, 2.24) is 0 Å². The Morgan fingerprint density at radius 2 is 2.25 bits per heavy atom. The van der Waals surface area contributed by atoms with E-state index in [1.807, 2.05) is 0 Å². The average molecular weight is 204 g/mol. The van der Waals surface area contributed by atoms with Gasteiger partial charge in [0, 0.05) is 15.7 Å². The lowest BCUT2D eigenvalue weighted by molar-refractivity contribution is 0.675. The lowest BCUT2D eigenvalue weighted by Gasteiger charge is -2.03. The van der Waals surface area contributed by atoms with Crippen molar-refractivity contribution in [2.45, 2.75) is 11.8 Å². The van der Waals surface area contributed by atoms with Crippen molar-refractivity contribution < 1.29 is 4.21 Å². The summed E-state index contributed by atoms with van der Waals surface area (Å²) < 4.78 is 19.0. The molecule has 0 aliphatic heterocycles. The summed E-state index contributed by atoms with van der Waals surface area (Å²) in [6.45, 7) is 1.73. The van der Waals surface area contributed by atoms with Gasteiger partial charge in [0.05, 0.1) is 9.73 Å². The summed E-state index contributed by atoms with van der Waals surface area (Å²) >= 11 is 5.70. The summed E-state index contributed by atoms with van der Waals surface area (Å²) in [7, 11) is -2.61. The van der Waals surface area contributed by atoms with Crippen molar-refractivity contribution in [2.75, 3.05) is 5.75 Å². The first-order chi connectivity index (χ1) is 5.56. The number of hydrogen-bond acceptors (Lipinski definition) is 2. The van der Waals surface area contributed by atoms with Gasteiger partial charge in [-0.1, -0.05) is 24.6 Å². The molecular formula is C8H10ClNOS. The molecule has 0 aliphatic carbocycles. The van der Waals surface area contributed by atoms with Crippen LogP contribution in [0.1, 0.15) is 6.92 Å². The van der Waals surface area contributed by atoms with Crippen LogP contribution in [0.4, 0.5) is 0 Å². The second-order valence-electron chi connectivity index (χ2n) is 2.42. The van der Waals surface area contributed by atoms with Gasteiger partial charge in [-0.3, -0.25) is 0 Å². The molecule has 1 rings (SSSR count). The lowest BCUT2D eigenvalue weighted by Crippen LogP contribution is -2.00. The van der Waals surface area contributed by atoms with Gasteiger partial charge < -0.3 is 0 Å². The average Bonchev–Trinajstić information content (AvgIpc) is 2.05. The molecule has 0 radical (unpaired) electrons. The molecule has 0 aliphatic rings. The van der Waals surface area contributed by atoms with Crippen molar-refractivity contribution in [3.63, 3.8) is 0 Å². The minimum absolute atomic E-state index is 0.327. The molecule has 0 amide bonds. The highest BCUT2D eigenvalue weighted by Gasteiger charge is 2.06. The standard InChI is InChI=1S/C8H10ClNOS/c1-2-12(10,11)8-5-3-4-7(9)6-8/h3-6,10H,2H2,1H3. The molecule has 2 nitrogen and oxygen atoms in total. The normalized spacial score (nSPS) is 15.5. The van der Waals surface area contributed by atoms with E-state index in [9.17, 15) is 4.21 Å². The van der Waals surface area contributed by atoms with Crippen LogP contribution < -0.4 is 0 Å². The maximum atomic E-state index is 11.5. The van der Waals surface area contributed by atoms with Gasteiger partial charge >= 0.3 is 0 Å². The lowest BCUT2D eigenvalue weighted by atomic mass is 10.4. The molecule has 4 heteroatoms. The number of hydrogen-bond donors (Lipinski definition) is 1. The van der Waals surface area contributed by atoms with E-state index in [2.05, 4.69) is 0 Å². The Balaban J connectivity index is 3.21. The van der Waals surface area contributed by atoms with Gasteiger partial charge in [-0.2, -0.15) is 0 Å². The molecule has 0 aromatic heterocycles. The third kappa shape index (κ3) is 1.99. The monoisotopic (exact) mass is 203 g/mol. The van der Waals surface area contributed by atoms with E-state index in [-0.39, 0.29) is 0 Å². The molecule has 0 spiro atoms. The molecule has 0 saturated heterocycles. The molecule has 0 fully saturated rings. The Kier molecular flexibility index (Phi) is 2.75. The van der Waals surface area contributed by atoms with Crippen molar-refractivity contribution in [3.05, 3.63) is 29.3 Å². The molecule has 0 saturated carbocycles. The van der Waals surface area contributed by atoms with Crippen molar-refractivity contribution >= 4 is 21.3 Å². The van der Waals surface area contributed by atoms with E-state index in [1.54, 1.807) is 31.2 Å².